The maximum Gasteiger partial charge on any atom is 0.191 e. The van der Waals surface area contributed by atoms with Crippen molar-refractivity contribution in [2.45, 2.75) is 32.4 Å². The fraction of sp³-hybridized carbons (Fsp3) is 0.588. The number of hydrogen-bond donors (Lipinski definition) is 2. The Bertz CT molecular complexity index is 503. The lowest BCUT2D eigenvalue weighted by atomic mass is 10.1. The molecule has 1 aliphatic heterocycles. The molecular weight excluding hydrogens is 276 g/mol. The summed E-state index contributed by atoms with van der Waals surface area (Å²) < 4.78 is 5.13. The molecule has 0 aromatic heterocycles. The van der Waals surface area contributed by atoms with Gasteiger partial charge in [0.1, 0.15) is 0 Å². The van der Waals surface area contributed by atoms with Crippen molar-refractivity contribution in [2.75, 3.05) is 38.8 Å². The first-order valence-electron chi connectivity index (χ1n) is 7.96. The summed E-state index contributed by atoms with van der Waals surface area (Å²) in [6.45, 7) is 6.86. The maximum atomic E-state index is 5.13. The van der Waals surface area contributed by atoms with E-state index in [-0.39, 0.29) is 6.04 Å². The minimum atomic E-state index is 0.239. The van der Waals surface area contributed by atoms with E-state index in [0.29, 0.717) is 12.6 Å². The molecule has 5 heteroatoms. The monoisotopic (exact) mass is 304 g/mol. The van der Waals surface area contributed by atoms with Crippen LogP contribution in [0.3, 0.4) is 0 Å². The molecule has 1 aliphatic rings. The van der Waals surface area contributed by atoms with Gasteiger partial charge in [-0.25, -0.2) is 0 Å². The van der Waals surface area contributed by atoms with Gasteiger partial charge in [0.15, 0.2) is 5.96 Å². The van der Waals surface area contributed by atoms with Crippen LogP contribution in [0.1, 0.15) is 19.4 Å². The third-order valence-corrected chi connectivity index (χ3v) is 4.02. The Morgan fingerprint density at radius 1 is 1.45 bits per heavy atom. The van der Waals surface area contributed by atoms with E-state index in [1.54, 1.807) is 14.2 Å². The first kappa shape index (κ1) is 16.6. The lowest BCUT2D eigenvalue weighted by molar-refractivity contribution is 0.179. The Morgan fingerprint density at radius 2 is 2.23 bits per heavy atom. The highest BCUT2D eigenvalue weighted by Crippen LogP contribution is 2.30. The number of methoxy groups -OCH3 is 1. The van der Waals surface area contributed by atoms with E-state index in [1.165, 1.54) is 11.3 Å². The molecule has 2 unspecified atom stereocenters. The van der Waals surface area contributed by atoms with Crippen molar-refractivity contribution in [1.82, 2.24) is 10.6 Å². The summed E-state index contributed by atoms with van der Waals surface area (Å²) in [5.41, 5.74) is 2.82. The summed E-state index contributed by atoms with van der Waals surface area (Å²) in [4.78, 5) is 6.72. The lowest BCUT2D eigenvalue weighted by Gasteiger charge is -2.26. The topological polar surface area (TPSA) is 48.9 Å². The van der Waals surface area contributed by atoms with Crippen LogP contribution in [0.25, 0.3) is 0 Å². The molecule has 0 fully saturated rings. The molecule has 2 atom stereocenters. The number of para-hydroxylation sites is 1. The smallest absolute Gasteiger partial charge is 0.191 e. The van der Waals surface area contributed by atoms with Crippen LogP contribution < -0.4 is 15.5 Å². The van der Waals surface area contributed by atoms with E-state index < -0.39 is 0 Å². The first-order valence-corrected chi connectivity index (χ1v) is 7.96. The number of nitrogens with one attached hydrogen (secondary N) is 2. The molecule has 0 bridgehead atoms. The van der Waals surface area contributed by atoms with E-state index >= 15 is 0 Å². The van der Waals surface area contributed by atoms with Crippen LogP contribution in [0.4, 0.5) is 5.69 Å². The minimum absolute atomic E-state index is 0.239. The van der Waals surface area contributed by atoms with Crippen LogP contribution >= 0.6 is 0 Å². The van der Waals surface area contributed by atoms with Gasteiger partial charge in [-0.1, -0.05) is 18.2 Å². The lowest BCUT2D eigenvalue weighted by Crippen LogP contribution is -2.46. The second-order valence-electron chi connectivity index (χ2n) is 5.87. The molecule has 0 radical (unpaired) electrons. The van der Waals surface area contributed by atoms with Gasteiger partial charge in [0, 0.05) is 45.0 Å². The molecule has 122 valence electrons. The predicted molar refractivity (Wildman–Crippen MR) is 92.8 cm³/mol. The Morgan fingerprint density at radius 3 is 2.95 bits per heavy atom. The number of nitrogens with zero attached hydrogens (tertiary/aromatic N) is 2. The number of hydrogen-bond acceptors (Lipinski definition) is 3. The summed E-state index contributed by atoms with van der Waals surface area (Å²) in [6, 6.07) is 9.48. The average molecular weight is 304 g/mol. The normalized spacial score (nSPS) is 19.0. The maximum absolute atomic E-state index is 5.13. The highest BCUT2D eigenvalue weighted by molar-refractivity contribution is 5.80. The van der Waals surface area contributed by atoms with Crippen molar-refractivity contribution in [3.8, 4) is 0 Å². The first-order chi connectivity index (χ1) is 10.7. The summed E-state index contributed by atoms with van der Waals surface area (Å²) in [6.07, 6.45) is 1.13. The zero-order valence-electron chi connectivity index (χ0n) is 14.1. The van der Waals surface area contributed by atoms with Gasteiger partial charge in [-0.05, 0) is 31.9 Å². The van der Waals surface area contributed by atoms with Crippen LogP contribution in [-0.4, -0.2) is 51.9 Å². The van der Waals surface area contributed by atoms with E-state index in [1.807, 2.05) is 0 Å². The zero-order chi connectivity index (χ0) is 15.9. The van der Waals surface area contributed by atoms with Gasteiger partial charge < -0.3 is 20.3 Å². The second-order valence-corrected chi connectivity index (χ2v) is 5.87. The van der Waals surface area contributed by atoms with Gasteiger partial charge in [0.2, 0.25) is 0 Å². The number of benzene rings is 1. The fourth-order valence-electron chi connectivity index (χ4n) is 2.98. The Balaban J connectivity index is 1.83. The van der Waals surface area contributed by atoms with Crippen LogP contribution in [-0.2, 0) is 11.2 Å². The molecule has 5 nitrogen and oxygen atoms in total. The largest absolute Gasteiger partial charge is 0.383 e. The molecular formula is C17H28N4O. The van der Waals surface area contributed by atoms with Crippen molar-refractivity contribution < 1.29 is 4.74 Å². The molecule has 1 aromatic rings. The van der Waals surface area contributed by atoms with E-state index in [4.69, 9.17) is 4.74 Å². The number of rotatable bonds is 6. The van der Waals surface area contributed by atoms with Gasteiger partial charge in [-0.3, -0.25) is 4.99 Å². The van der Waals surface area contributed by atoms with Crippen LogP contribution in [0, 0.1) is 0 Å². The SMILES string of the molecule is CN=C(NCCN1c2ccccc2CC1C)NC(C)COC. The molecule has 2 N–H and O–H groups in total. The van der Waals surface area contributed by atoms with Crippen molar-refractivity contribution in [3.63, 3.8) is 0 Å². The van der Waals surface area contributed by atoms with E-state index in [2.05, 4.69) is 58.6 Å². The van der Waals surface area contributed by atoms with Gasteiger partial charge in [-0.2, -0.15) is 0 Å². The standard InChI is InChI=1S/C17H28N4O/c1-13(12-22-4)20-17(18-3)19-9-10-21-14(2)11-15-7-5-6-8-16(15)21/h5-8,13-14H,9-12H2,1-4H3,(H2,18,19,20). The Kier molecular flexibility index (Phi) is 6.07. The Hall–Kier alpha value is -1.75. The highest BCUT2D eigenvalue weighted by Gasteiger charge is 2.24. The molecule has 0 amide bonds. The molecule has 0 spiro atoms. The number of aliphatic imine (C=N–C) groups is 1. The van der Waals surface area contributed by atoms with Gasteiger partial charge in [-0.15, -0.1) is 0 Å². The van der Waals surface area contributed by atoms with E-state index in [0.717, 1.165) is 25.5 Å². The minimum Gasteiger partial charge on any atom is -0.383 e. The third-order valence-electron chi connectivity index (χ3n) is 4.02. The number of fused-ring (bicyclic) bond motifs is 1. The van der Waals surface area contributed by atoms with Crippen LogP contribution in [0.2, 0.25) is 0 Å². The highest BCUT2D eigenvalue weighted by atomic mass is 16.5. The quantitative estimate of drug-likeness (QED) is 0.620. The number of anilines is 1. The fourth-order valence-corrected chi connectivity index (χ4v) is 2.98. The van der Waals surface area contributed by atoms with Gasteiger partial charge in [0.25, 0.3) is 0 Å². The molecule has 0 saturated carbocycles. The second kappa shape index (κ2) is 8.03. The number of ether oxygens (including phenoxy) is 1. The van der Waals surface area contributed by atoms with Crippen LogP contribution in [0.5, 0.6) is 0 Å². The summed E-state index contributed by atoms with van der Waals surface area (Å²) in [5, 5.41) is 6.70. The molecule has 0 saturated heterocycles. The summed E-state index contributed by atoms with van der Waals surface area (Å²) in [7, 11) is 3.50. The summed E-state index contributed by atoms with van der Waals surface area (Å²) in [5.74, 6) is 0.824. The van der Waals surface area contributed by atoms with E-state index in [9.17, 15) is 0 Å². The average Bonchev–Trinajstić information content (AvgIpc) is 2.82. The van der Waals surface area contributed by atoms with Gasteiger partial charge >= 0.3 is 0 Å². The third kappa shape index (κ3) is 4.13. The summed E-state index contributed by atoms with van der Waals surface area (Å²) >= 11 is 0. The molecule has 2 rings (SSSR count). The van der Waals surface area contributed by atoms with Gasteiger partial charge in [0.05, 0.1) is 6.61 Å². The predicted octanol–water partition coefficient (Wildman–Crippen LogP) is 1.64. The molecule has 0 aliphatic carbocycles. The Labute approximate surface area is 133 Å². The van der Waals surface area contributed by atoms with Crippen molar-refractivity contribution in [3.05, 3.63) is 29.8 Å². The van der Waals surface area contributed by atoms with Crippen LogP contribution in [0.15, 0.2) is 29.3 Å². The molecule has 1 aromatic carbocycles. The van der Waals surface area contributed by atoms with Crippen molar-refractivity contribution in [1.29, 1.82) is 0 Å². The van der Waals surface area contributed by atoms with Crippen molar-refractivity contribution >= 4 is 11.6 Å². The molecule has 1 heterocycles. The molecule has 22 heavy (non-hydrogen) atoms. The zero-order valence-corrected chi connectivity index (χ0v) is 14.1. The number of guanidine groups is 1. The van der Waals surface area contributed by atoms with Crippen molar-refractivity contribution in [2.24, 2.45) is 4.99 Å².